The lowest BCUT2D eigenvalue weighted by atomic mass is 10.2. The summed E-state index contributed by atoms with van der Waals surface area (Å²) in [6.07, 6.45) is 2.09. The predicted octanol–water partition coefficient (Wildman–Crippen LogP) is 3.56. The number of nitrogens with zero attached hydrogens (tertiary/aromatic N) is 3. The minimum atomic E-state index is -0.565. The van der Waals surface area contributed by atoms with Crippen LogP contribution in [0.25, 0.3) is 11.0 Å². The van der Waals surface area contributed by atoms with Crippen molar-refractivity contribution in [2.24, 2.45) is 0 Å². The van der Waals surface area contributed by atoms with Crippen molar-refractivity contribution in [2.75, 3.05) is 11.9 Å². The van der Waals surface area contributed by atoms with E-state index in [9.17, 15) is 14.4 Å². The Hall–Kier alpha value is -4.20. The van der Waals surface area contributed by atoms with Gasteiger partial charge in [0.25, 0.3) is 11.5 Å². The highest BCUT2D eigenvalue weighted by Gasteiger charge is 2.17. The number of carbonyl (C=O) groups is 1. The number of rotatable bonds is 6. The second-order valence-corrected chi connectivity index (χ2v) is 7.28. The number of anilines is 1. The molecule has 4 rings (SSSR count). The average Bonchev–Trinajstić information content (AvgIpc) is 2.82. The van der Waals surface area contributed by atoms with Gasteiger partial charge in [0.1, 0.15) is 17.1 Å². The standard InChI is InChI=1S/C24H22N4O4/c1-3-13-28-21-20(22(29)26-24(28)31)14-16(15-25-21)23(30)27(2)17-9-11-19(12-10-17)32-18-7-5-4-6-8-18/h4-12,14-15H,3,13H2,1-2H3,(H,26,29,31). The largest absolute Gasteiger partial charge is 0.457 e. The van der Waals surface area contributed by atoms with E-state index in [0.29, 0.717) is 24.4 Å². The van der Waals surface area contributed by atoms with Crippen LogP contribution in [0.2, 0.25) is 0 Å². The molecule has 0 aliphatic heterocycles. The number of nitrogens with one attached hydrogen (secondary N) is 1. The van der Waals surface area contributed by atoms with Gasteiger partial charge in [-0.15, -0.1) is 0 Å². The van der Waals surface area contributed by atoms with Crippen LogP contribution in [0.1, 0.15) is 23.7 Å². The van der Waals surface area contributed by atoms with Crippen LogP contribution in [0.3, 0.4) is 0 Å². The zero-order chi connectivity index (χ0) is 22.7. The zero-order valence-corrected chi connectivity index (χ0v) is 17.7. The summed E-state index contributed by atoms with van der Waals surface area (Å²) in [6.45, 7) is 2.34. The van der Waals surface area contributed by atoms with Gasteiger partial charge in [0, 0.05) is 25.5 Å². The molecule has 0 saturated heterocycles. The lowest BCUT2D eigenvalue weighted by Gasteiger charge is -2.18. The predicted molar refractivity (Wildman–Crippen MR) is 123 cm³/mol. The highest BCUT2D eigenvalue weighted by atomic mass is 16.5. The van der Waals surface area contributed by atoms with E-state index in [2.05, 4.69) is 9.97 Å². The topological polar surface area (TPSA) is 97.3 Å². The molecule has 2 aromatic heterocycles. The van der Waals surface area contributed by atoms with E-state index in [1.807, 2.05) is 37.3 Å². The first-order valence-electron chi connectivity index (χ1n) is 10.2. The Bertz CT molecular complexity index is 1380. The van der Waals surface area contributed by atoms with Gasteiger partial charge in [-0.3, -0.25) is 19.1 Å². The molecular formula is C24H22N4O4. The van der Waals surface area contributed by atoms with Gasteiger partial charge in [-0.1, -0.05) is 25.1 Å². The first-order chi connectivity index (χ1) is 15.5. The minimum Gasteiger partial charge on any atom is -0.457 e. The van der Waals surface area contributed by atoms with Gasteiger partial charge in [0.15, 0.2) is 0 Å². The Morgan fingerprint density at radius 1 is 1.06 bits per heavy atom. The molecule has 1 N–H and O–H groups in total. The number of H-pyrrole nitrogens is 1. The molecule has 0 unspecified atom stereocenters. The summed E-state index contributed by atoms with van der Waals surface area (Å²) in [5.74, 6) is 1.04. The molecule has 0 radical (unpaired) electrons. The van der Waals surface area contributed by atoms with Crippen molar-refractivity contribution in [3.63, 3.8) is 0 Å². The number of ether oxygens (including phenoxy) is 1. The van der Waals surface area contributed by atoms with Crippen molar-refractivity contribution in [3.05, 3.63) is 93.3 Å². The van der Waals surface area contributed by atoms with Crippen LogP contribution in [-0.2, 0) is 6.54 Å². The van der Waals surface area contributed by atoms with Gasteiger partial charge >= 0.3 is 5.69 Å². The lowest BCUT2D eigenvalue weighted by Crippen LogP contribution is -2.31. The number of hydrogen-bond donors (Lipinski definition) is 1. The van der Waals surface area contributed by atoms with E-state index in [-0.39, 0.29) is 22.5 Å². The highest BCUT2D eigenvalue weighted by molar-refractivity contribution is 6.06. The van der Waals surface area contributed by atoms with Crippen LogP contribution in [-0.4, -0.2) is 27.5 Å². The molecule has 0 aliphatic carbocycles. The number of aromatic amines is 1. The van der Waals surface area contributed by atoms with Gasteiger partial charge in [-0.25, -0.2) is 9.78 Å². The molecular weight excluding hydrogens is 408 g/mol. The first-order valence-corrected chi connectivity index (χ1v) is 10.2. The van der Waals surface area contributed by atoms with E-state index >= 15 is 0 Å². The van der Waals surface area contributed by atoms with Crippen molar-refractivity contribution in [3.8, 4) is 11.5 Å². The van der Waals surface area contributed by atoms with Gasteiger partial charge in [-0.05, 0) is 48.9 Å². The van der Waals surface area contributed by atoms with Crippen molar-refractivity contribution in [1.29, 1.82) is 0 Å². The number of amides is 1. The summed E-state index contributed by atoms with van der Waals surface area (Å²) in [5, 5.41) is 0.198. The number of para-hydroxylation sites is 1. The fraction of sp³-hybridized carbons (Fsp3) is 0.167. The van der Waals surface area contributed by atoms with Crippen molar-refractivity contribution >= 4 is 22.6 Å². The van der Waals surface area contributed by atoms with Gasteiger partial charge in [0.05, 0.1) is 10.9 Å². The molecule has 32 heavy (non-hydrogen) atoms. The molecule has 0 spiro atoms. The molecule has 0 fully saturated rings. The number of aryl methyl sites for hydroxylation is 1. The Balaban J connectivity index is 1.59. The number of aromatic nitrogens is 3. The van der Waals surface area contributed by atoms with Crippen LogP contribution >= 0.6 is 0 Å². The minimum absolute atomic E-state index is 0.198. The smallest absolute Gasteiger partial charge is 0.329 e. The fourth-order valence-electron chi connectivity index (χ4n) is 3.39. The summed E-state index contributed by atoms with van der Waals surface area (Å²) < 4.78 is 7.18. The Morgan fingerprint density at radius 2 is 1.75 bits per heavy atom. The van der Waals surface area contributed by atoms with Crippen LogP contribution < -0.4 is 20.9 Å². The quantitative estimate of drug-likeness (QED) is 0.504. The van der Waals surface area contributed by atoms with Gasteiger partial charge in [-0.2, -0.15) is 0 Å². The lowest BCUT2D eigenvalue weighted by molar-refractivity contribution is 0.0993. The Kier molecular flexibility index (Phi) is 5.85. The summed E-state index contributed by atoms with van der Waals surface area (Å²) in [4.78, 5) is 45.4. The van der Waals surface area contributed by atoms with Crippen molar-refractivity contribution < 1.29 is 9.53 Å². The molecule has 0 atom stereocenters. The zero-order valence-electron chi connectivity index (χ0n) is 17.7. The van der Waals surface area contributed by atoms with Crippen molar-refractivity contribution in [2.45, 2.75) is 19.9 Å². The maximum absolute atomic E-state index is 13.0. The third kappa shape index (κ3) is 4.15. The number of benzene rings is 2. The molecule has 2 heterocycles. The SMILES string of the molecule is CCCn1c(=O)[nH]c(=O)c2cc(C(=O)N(C)c3ccc(Oc4ccccc4)cc3)cnc21. The molecule has 162 valence electrons. The highest BCUT2D eigenvalue weighted by Crippen LogP contribution is 2.24. The number of pyridine rings is 1. The third-order valence-electron chi connectivity index (χ3n) is 5.03. The summed E-state index contributed by atoms with van der Waals surface area (Å²) in [6, 6.07) is 18.0. The summed E-state index contributed by atoms with van der Waals surface area (Å²) in [5.41, 5.74) is 0.0924. The van der Waals surface area contributed by atoms with E-state index in [1.165, 1.54) is 21.7 Å². The molecule has 1 amide bonds. The average molecular weight is 430 g/mol. The van der Waals surface area contributed by atoms with E-state index in [0.717, 1.165) is 5.75 Å². The second kappa shape index (κ2) is 8.89. The molecule has 0 aliphatic rings. The second-order valence-electron chi connectivity index (χ2n) is 7.28. The first kappa shape index (κ1) is 21.0. The summed E-state index contributed by atoms with van der Waals surface area (Å²) in [7, 11) is 1.64. The Morgan fingerprint density at radius 3 is 2.44 bits per heavy atom. The molecule has 8 heteroatoms. The van der Waals surface area contributed by atoms with E-state index < -0.39 is 11.2 Å². The molecule has 4 aromatic rings. The molecule has 0 saturated carbocycles. The van der Waals surface area contributed by atoms with Crippen LogP contribution in [0.4, 0.5) is 5.69 Å². The van der Waals surface area contributed by atoms with Crippen LogP contribution in [0.15, 0.2) is 76.4 Å². The van der Waals surface area contributed by atoms with Crippen LogP contribution in [0, 0.1) is 0 Å². The monoisotopic (exact) mass is 430 g/mol. The number of carbonyl (C=O) groups excluding carboxylic acids is 1. The maximum Gasteiger partial charge on any atom is 0.329 e. The normalized spacial score (nSPS) is 10.8. The van der Waals surface area contributed by atoms with Crippen molar-refractivity contribution in [1.82, 2.24) is 14.5 Å². The molecule has 8 nitrogen and oxygen atoms in total. The maximum atomic E-state index is 13.0. The van der Waals surface area contributed by atoms with Crippen LogP contribution in [0.5, 0.6) is 11.5 Å². The number of hydrogen-bond acceptors (Lipinski definition) is 5. The molecule has 2 aromatic carbocycles. The summed E-state index contributed by atoms with van der Waals surface area (Å²) >= 11 is 0. The number of fused-ring (bicyclic) bond motifs is 1. The third-order valence-corrected chi connectivity index (χ3v) is 5.03. The van der Waals surface area contributed by atoms with Gasteiger partial charge in [0.2, 0.25) is 0 Å². The Labute approximate surface area is 183 Å². The fourth-order valence-corrected chi connectivity index (χ4v) is 3.39. The van der Waals surface area contributed by atoms with Gasteiger partial charge < -0.3 is 9.64 Å². The van der Waals surface area contributed by atoms with E-state index in [1.54, 1.807) is 31.3 Å². The van der Waals surface area contributed by atoms with E-state index in [4.69, 9.17) is 4.74 Å². The molecule has 0 bridgehead atoms.